The van der Waals surface area contributed by atoms with Gasteiger partial charge in [0.15, 0.2) is 0 Å². The van der Waals surface area contributed by atoms with Crippen molar-refractivity contribution in [1.82, 2.24) is 4.90 Å². The Labute approximate surface area is 115 Å². The van der Waals surface area contributed by atoms with Gasteiger partial charge in [0.2, 0.25) is 0 Å². The zero-order chi connectivity index (χ0) is 13.0. The predicted octanol–water partition coefficient (Wildman–Crippen LogP) is 2.81. The summed E-state index contributed by atoms with van der Waals surface area (Å²) in [5, 5.41) is -0.476. The van der Waals surface area contributed by atoms with Gasteiger partial charge in [0.05, 0.1) is 6.61 Å². The third-order valence-corrected chi connectivity index (χ3v) is 4.77. The summed E-state index contributed by atoms with van der Waals surface area (Å²) >= 11 is 5.89. The molecule has 0 aromatic heterocycles. The van der Waals surface area contributed by atoms with Crippen molar-refractivity contribution in [3.8, 4) is 0 Å². The number of nitrogens with zero attached hydrogens (tertiary/aromatic N) is 1. The van der Waals surface area contributed by atoms with Crippen LogP contribution in [0.25, 0.3) is 0 Å². The van der Waals surface area contributed by atoms with E-state index in [2.05, 4.69) is 4.90 Å². The number of carbonyl (C=O) groups is 1. The topological polar surface area (TPSA) is 29.5 Å². The molecular formula is C14H24ClNO2. The van der Waals surface area contributed by atoms with Crippen LogP contribution in [0.1, 0.15) is 45.4 Å². The number of rotatable bonds is 4. The average Bonchev–Trinajstić information content (AvgIpc) is 2.43. The lowest BCUT2D eigenvalue weighted by atomic mass is 9.84. The van der Waals surface area contributed by atoms with E-state index in [9.17, 15) is 4.79 Å². The molecule has 0 aliphatic carbocycles. The quantitative estimate of drug-likeness (QED) is 0.583. The lowest BCUT2D eigenvalue weighted by Gasteiger charge is -2.44. The van der Waals surface area contributed by atoms with Gasteiger partial charge in [0, 0.05) is 12.0 Å². The molecular weight excluding hydrogens is 250 g/mol. The highest BCUT2D eigenvalue weighted by atomic mass is 35.5. The van der Waals surface area contributed by atoms with Crippen molar-refractivity contribution in [1.29, 1.82) is 0 Å². The zero-order valence-corrected chi connectivity index (χ0v) is 12.0. The van der Waals surface area contributed by atoms with Gasteiger partial charge in [-0.05, 0) is 45.2 Å². The Morgan fingerprint density at radius 2 is 2.11 bits per heavy atom. The number of piperidine rings is 2. The van der Waals surface area contributed by atoms with E-state index >= 15 is 0 Å². The minimum absolute atomic E-state index is 0.243. The summed E-state index contributed by atoms with van der Waals surface area (Å²) in [5.74, 6) is 0.274. The van der Waals surface area contributed by atoms with Crippen LogP contribution in [0, 0.1) is 5.92 Å². The lowest BCUT2D eigenvalue weighted by Crippen LogP contribution is -2.49. The van der Waals surface area contributed by atoms with Crippen LogP contribution in [0.2, 0.25) is 0 Å². The van der Waals surface area contributed by atoms with E-state index in [0.717, 1.165) is 0 Å². The number of fused-ring (bicyclic) bond motifs is 1. The summed E-state index contributed by atoms with van der Waals surface area (Å²) in [4.78, 5) is 14.2. The molecule has 2 fully saturated rings. The molecule has 104 valence electrons. The molecule has 0 radical (unpaired) electrons. The molecule has 0 saturated carbocycles. The number of ether oxygens (including phenoxy) is 1. The molecule has 0 aromatic carbocycles. The van der Waals surface area contributed by atoms with Crippen LogP contribution in [0.5, 0.6) is 0 Å². The Morgan fingerprint density at radius 1 is 1.33 bits per heavy atom. The second kappa shape index (κ2) is 6.76. The van der Waals surface area contributed by atoms with Crippen molar-refractivity contribution in [2.45, 2.75) is 56.9 Å². The highest BCUT2D eigenvalue weighted by Gasteiger charge is 2.33. The summed E-state index contributed by atoms with van der Waals surface area (Å²) in [7, 11) is 0. The molecule has 2 aliphatic rings. The third-order valence-electron chi connectivity index (χ3n) is 4.28. The van der Waals surface area contributed by atoms with E-state index < -0.39 is 5.38 Å². The first-order chi connectivity index (χ1) is 8.72. The number of carbonyl (C=O) groups excluding carboxylic acids is 1. The van der Waals surface area contributed by atoms with Crippen molar-refractivity contribution in [3.05, 3.63) is 0 Å². The minimum atomic E-state index is -0.476. The molecule has 0 spiro atoms. The van der Waals surface area contributed by atoms with Crippen LogP contribution >= 0.6 is 11.6 Å². The SMILES string of the molecule is CC[C@@H](Cl)C(=O)OC[C@H]1CCCN2CCCC[C@H]12. The Kier molecular flexibility index (Phi) is 5.31. The summed E-state index contributed by atoms with van der Waals surface area (Å²) in [6.07, 6.45) is 6.96. The van der Waals surface area contributed by atoms with Crippen LogP contribution in [0.4, 0.5) is 0 Å². The molecule has 3 nitrogen and oxygen atoms in total. The fraction of sp³-hybridized carbons (Fsp3) is 0.929. The van der Waals surface area contributed by atoms with Gasteiger partial charge < -0.3 is 4.74 Å². The van der Waals surface area contributed by atoms with Gasteiger partial charge in [-0.2, -0.15) is 0 Å². The van der Waals surface area contributed by atoms with Crippen LogP contribution in [-0.2, 0) is 9.53 Å². The average molecular weight is 274 g/mol. The number of halogens is 1. The minimum Gasteiger partial charge on any atom is -0.464 e. The molecule has 2 heterocycles. The number of esters is 1. The molecule has 0 amide bonds. The maximum Gasteiger partial charge on any atom is 0.324 e. The van der Waals surface area contributed by atoms with Gasteiger partial charge in [-0.3, -0.25) is 9.69 Å². The maximum atomic E-state index is 11.6. The molecule has 18 heavy (non-hydrogen) atoms. The van der Waals surface area contributed by atoms with Crippen LogP contribution < -0.4 is 0 Å². The van der Waals surface area contributed by atoms with Gasteiger partial charge in [-0.1, -0.05) is 13.3 Å². The lowest BCUT2D eigenvalue weighted by molar-refractivity contribution is -0.146. The van der Waals surface area contributed by atoms with Gasteiger partial charge in [-0.15, -0.1) is 11.6 Å². The van der Waals surface area contributed by atoms with Gasteiger partial charge in [-0.25, -0.2) is 0 Å². The van der Waals surface area contributed by atoms with E-state index in [1.54, 1.807) is 0 Å². The summed E-state index contributed by atoms with van der Waals surface area (Å²) in [6.45, 7) is 4.91. The first-order valence-electron chi connectivity index (χ1n) is 7.27. The maximum absolute atomic E-state index is 11.6. The van der Waals surface area contributed by atoms with Crippen molar-refractivity contribution >= 4 is 17.6 Å². The van der Waals surface area contributed by atoms with Crippen molar-refractivity contribution in [2.75, 3.05) is 19.7 Å². The second-order valence-corrected chi connectivity index (χ2v) is 6.03. The molecule has 3 atom stereocenters. The van der Waals surface area contributed by atoms with Crippen LogP contribution in [-0.4, -0.2) is 42.0 Å². The smallest absolute Gasteiger partial charge is 0.324 e. The Morgan fingerprint density at radius 3 is 2.89 bits per heavy atom. The first kappa shape index (κ1) is 14.1. The molecule has 0 aromatic rings. The van der Waals surface area contributed by atoms with Gasteiger partial charge in [0.25, 0.3) is 0 Å². The van der Waals surface area contributed by atoms with E-state index in [4.69, 9.17) is 16.3 Å². The summed E-state index contributed by atoms with van der Waals surface area (Å²) < 4.78 is 5.39. The molecule has 0 bridgehead atoms. The molecule has 0 unspecified atom stereocenters. The van der Waals surface area contributed by atoms with E-state index in [-0.39, 0.29) is 5.97 Å². The Balaban J connectivity index is 1.82. The van der Waals surface area contributed by atoms with E-state index in [1.807, 2.05) is 6.92 Å². The summed E-state index contributed by atoms with van der Waals surface area (Å²) in [6, 6.07) is 0.635. The van der Waals surface area contributed by atoms with Crippen molar-refractivity contribution < 1.29 is 9.53 Å². The number of alkyl halides is 1. The molecule has 2 saturated heterocycles. The standard InChI is InChI=1S/C14H24ClNO2/c1-2-12(15)14(17)18-10-11-6-5-9-16-8-4-3-7-13(11)16/h11-13H,2-10H2,1H3/t11-,12-,13-/m1/s1. The third kappa shape index (κ3) is 3.39. The molecule has 2 rings (SSSR count). The normalized spacial score (nSPS) is 30.6. The summed E-state index contributed by atoms with van der Waals surface area (Å²) in [5.41, 5.74) is 0. The van der Waals surface area contributed by atoms with E-state index in [0.29, 0.717) is 25.0 Å². The molecule has 2 aliphatic heterocycles. The Bertz CT molecular complexity index is 283. The van der Waals surface area contributed by atoms with Gasteiger partial charge >= 0.3 is 5.97 Å². The van der Waals surface area contributed by atoms with E-state index in [1.165, 1.54) is 45.2 Å². The zero-order valence-electron chi connectivity index (χ0n) is 11.2. The van der Waals surface area contributed by atoms with Crippen molar-refractivity contribution in [2.24, 2.45) is 5.92 Å². The van der Waals surface area contributed by atoms with Crippen LogP contribution in [0.3, 0.4) is 0 Å². The van der Waals surface area contributed by atoms with Crippen molar-refractivity contribution in [3.63, 3.8) is 0 Å². The Hall–Kier alpha value is -0.280. The monoisotopic (exact) mass is 273 g/mol. The molecule has 0 N–H and O–H groups in total. The predicted molar refractivity (Wildman–Crippen MR) is 72.8 cm³/mol. The second-order valence-electron chi connectivity index (χ2n) is 5.51. The highest BCUT2D eigenvalue weighted by molar-refractivity contribution is 6.29. The number of hydrogen-bond acceptors (Lipinski definition) is 3. The molecule has 4 heteroatoms. The fourth-order valence-corrected chi connectivity index (χ4v) is 3.28. The highest BCUT2D eigenvalue weighted by Crippen LogP contribution is 2.31. The van der Waals surface area contributed by atoms with Crippen LogP contribution in [0.15, 0.2) is 0 Å². The number of hydrogen-bond donors (Lipinski definition) is 0. The van der Waals surface area contributed by atoms with Gasteiger partial charge in [0.1, 0.15) is 5.38 Å². The fourth-order valence-electron chi connectivity index (χ4n) is 3.22. The largest absolute Gasteiger partial charge is 0.464 e. The first-order valence-corrected chi connectivity index (χ1v) is 7.70.